The lowest BCUT2D eigenvalue weighted by Crippen LogP contribution is -2.30. The Bertz CT molecular complexity index is 402. The molecular weight excluding hydrogens is 180 g/mol. The molecule has 8 nitrogen and oxygen atoms in total. The van der Waals surface area contributed by atoms with E-state index < -0.39 is 11.9 Å². The minimum Gasteiger partial charge on any atom is -0.328 e. The fourth-order valence-corrected chi connectivity index (χ4v) is 0.997. The van der Waals surface area contributed by atoms with Gasteiger partial charge in [-0.25, -0.2) is 4.79 Å². The van der Waals surface area contributed by atoms with Crippen molar-refractivity contribution in [1.29, 1.82) is 0 Å². The first-order valence-electron chi connectivity index (χ1n) is 3.41. The Morgan fingerprint density at radius 1 is 1.54 bits per heavy atom. The highest BCUT2D eigenvalue weighted by Crippen LogP contribution is 2.12. The summed E-state index contributed by atoms with van der Waals surface area (Å²) in [5, 5.41) is 4.39. The number of carbonyl (C=O) groups excluding carboxylic acids is 2. The molecule has 0 radical (unpaired) electrons. The highest BCUT2D eigenvalue weighted by atomic mass is 16.6. The van der Waals surface area contributed by atoms with Crippen LogP contribution in [0.3, 0.4) is 0 Å². The van der Waals surface area contributed by atoms with Crippen molar-refractivity contribution < 1.29 is 18.8 Å². The Kier molecular flexibility index (Phi) is 1.41. The molecule has 0 aliphatic carbocycles. The first-order chi connectivity index (χ1) is 6.18. The molecule has 1 aliphatic rings. The molecule has 1 aliphatic heterocycles. The maximum absolute atomic E-state index is 11.1. The number of anilines is 1. The molecule has 13 heavy (non-hydrogen) atoms. The topological polar surface area (TPSA) is 101 Å². The SMILES string of the molecule is O=C1CNC(=O)N1c1c[nH][n+](=O)o1. The standard InChI is InChI=1S/C5H4N4O4/c10-3-1-6-5(11)8(3)4-2-7-9(12)13-4/h2H,1H2,(H-,6,7,11,12)/p+1. The monoisotopic (exact) mass is 185 g/mol. The number of urea groups is 1. The summed E-state index contributed by atoms with van der Waals surface area (Å²) in [6.45, 7) is -0.0849. The van der Waals surface area contributed by atoms with Gasteiger partial charge in [0, 0.05) is 0 Å². The lowest BCUT2D eigenvalue weighted by Gasteiger charge is -2.02. The van der Waals surface area contributed by atoms with Crippen molar-refractivity contribution >= 4 is 17.8 Å². The second kappa shape index (κ2) is 2.44. The Morgan fingerprint density at radius 3 is 2.77 bits per heavy atom. The number of hydrogen-bond donors (Lipinski definition) is 2. The first kappa shape index (κ1) is 7.53. The summed E-state index contributed by atoms with van der Waals surface area (Å²) >= 11 is 0. The van der Waals surface area contributed by atoms with Crippen molar-refractivity contribution in [2.75, 3.05) is 11.4 Å². The summed E-state index contributed by atoms with van der Waals surface area (Å²) in [6.07, 6.45) is 1.12. The van der Waals surface area contributed by atoms with Gasteiger partial charge in [-0.3, -0.25) is 4.79 Å². The number of rotatable bonds is 1. The third kappa shape index (κ3) is 1.08. The summed E-state index contributed by atoms with van der Waals surface area (Å²) in [6, 6.07) is -0.603. The number of H-pyrrole nitrogens is 1. The fraction of sp³-hybridized carbons (Fsp3) is 0.200. The molecule has 1 saturated heterocycles. The van der Waals surface area contributed by atoms with Crippen molar-refractivity contribution in [2.24, 2.45) is 0 Å². The quantitative estimate of drug-likeness (QED) is 0.524. The molecule has 8 heteroatoms. The smallest absolute Gasteiger partial charge is 0.328 e. The summed E-state index contributed by atoms with van der Waals surface area (Å²) in [5.74, 6) is -0.594. The summed E-state index contributed by atoms with van der Waals surface area (Å²) in [5.41, 5.74) is 0. The highest BCUT2D eigenvalue weighted by molar-refractivity contribution is 6.18. The summed E-state index contributed by atoms with van der Waals surface area (Å²) in [7, 11) is 0. The van der Waals surface area contributed by atoms with Crippen LogP contribution >= 0.6 is 0 Å². The molecule has 2 rings (SSSR count). The van der Waals surface area contributed by atoms with E-state index >= 15 is 0 Å². The lowest BCUT2D eigenvalue weighted by atomic mass is 10.5. The zero-order valence-electron chi connectivity index (χ0n) is 6.31. The largest absolute Gasteiger partial charge is 0.368 e. The molecule has 0 bridgehead atoms. The molecule has 3 amide bonds. The third-order valence-corrected chi connectivity index (χ3v) is 1.53. The van der Waals surface area contributed by atoms with Crippen LogP contribution in [0.25, 0.3) is 0 Å². The van der Waals surface area contributed by atoms with Gasteiger partial charge >= 0.3 is 16.6 Å². The zero-order chi connectivity index (χ0) is 9.42. The normalized spacial score (nSPS) is 16.5. The van der Waals surface area contributed by atoms with Crippen molar-refractivity contribution in [2.45, 2.75) is 0 Å². The number of aromatic amines is 1. The van der Waals surface area contributed by atoms with Crippen LogP contribution < -0.4 is 14.9 Å². The molecule has 0 unspecified atom stereocenters. The average molecular weight is 185 g/mol. The van der Waals surface area contributed by atoms with Crippen LogP contribution in [0.4, 0.5) is 10.7 Å². The van der Waals surface area contributed by atoms with Gasteiger partial charge in [-0.2, -0.15) is 4.90 Å². The zero-order valence-corrected chi connectivity index (χ0v) is 6.31. The molecule has 0 saturated carbocycles. The molecule has 0 aromatic carbocycles. The van der Waals surface area contributed by atoms with E-state index in [9.17, 15) is 14.5 Å². The fourth-order valence-electron chi connectivity index (χ4n) is 0.997. The maximum Gasteiger partial charge on any atom is 0.368 e. The number of nitrogens with zero attached hydrogens (tertiary/aromatic N) is 2. The molecule has 1 fully saturated rings. The van der Waals surface area contributed by atoms with Crippen LogP contribution in [0, 0.1) is 4.91 Å². The number of amides is 3. The Morgan fingerprint density at radius 2 is 2.31 bits per heavy atom. The van der Waals surface area contributed by atoms with Gasteiger partial charge < -0.3 is 5.32 Å². The van der Waals surface area contributed by atoms with Gasteiger partial charge in [0.2, 0.25) is 0 Å². The minimum atomic E-state index is -0.603. The highest BCUT2D eigenvalue weighted by Gasteiger charge is 2.34. The molecule has 68 valence electrons. The van der Waals surface area contributed by atoms with Crippen molar-refractivity contribution in [3.8, 4) is 0 Å². The minimum absolute atomic E-state index is 0.0359. The molecule has 0 atom stereocenters. The Labute approximate surface area is 70.7 Å². The summed E-state index contributed by atoms with van der Waals surface area (Å²) in [4.78, 5) is 33.3. The Balaban J connectivity index is 2.40. The third-order valence-electron chi connectivity index (χ3n) is 1.53. The predicted octanol–water partition coefficient (Wildman–Crippen LogP) is -1.42. The van der Waals surface area contributed by atoms with E-state index in [4.69, 9.17) is 0 Å². The van der Waals surface area contributed by atoms with Gasteiger partial charge in [0.25, 0.3) is 5.91 Å². The second-order valence-corrected chi connectivity index (χ2v) is 2.35. The van der Waals surface area contributed by atoms with Crippen LogP contribution in [0.5, 0.6) is 0 Å². The van der Waals surface area contributed by atoms with E-state index in [1.165, 1.54) is 0 Å². The van der Waals surface area contributed by atoms with Crippen LogP contribution in [-0.2, 0) is 4.79 Å². The molecule has 0 spiro atoms. The van der Waals surface area contributed by atoms with Gasteiger partial charge in [-0.15, -0.1) is 4.52 Å². The van der Waals surface area contributed by atoms with Gasteiger partial charge in [0.05, 0.1) is 6.54 Å². The van der Waals surface area contributed by atoms with Gasteiger partial charge in [0.15, 0.2) is 0 Å². The lowest BCUT2D eigenvalue weighted by molar-refractivity contribution is -0.750. The summed E-state index contributed by atoms with van der Waals surface area (Å²) < 4.78 is 4.49. The van der Waals surface area contributed by atoms with Crippen molar-refractivity contribution in [3.05, 3.63) is 11.1 Å². The number of hydrogen-bond acceptors (Lipinski definition) is 4. The van der Waals surface area contributed by atoms with Crippen LogP contribution in [0.15, 0.2) is 10.7 Å². The molecule has 1 aromatic heterocycles. The van der Waals surface area contributed by atoms with E-state index in [2.05, 4.69) is 14.9 Å². The number of carbonyl (C=O) groups is 2. The number of nitrogens with one attached hydrogen (secondary N) is 2. The Hall–Kier alpha value is -2.12. The van der Waals surface area contributed by atoms with Gasteiger partial charge in [0.1, 0.15) is 11.1 Å². The maximum atomic E-state index is 11.1. The van der Waals surface area contributed by atoms with Crippen LogP contribution in [0.2, 0.25) is 0 Å². The second-order valence-electron chi connectivity index (χ2n) is 2.35. The number of aromatic nitrogens is 2. The van der Waals surface area contributed by atoms with Crippen molar-refractivity contribution in [3.63, 3.8) is 0 Å². The van der Waals surface area contributed by atoms with E-state index in [1.807, 2.05) is 0 Å². The molecule has 2 N–H and O–H groups in total. The molecule has 1 aromatic rings. The van der Waals surface area contributed by atoms with Crippen molar-refractivity contribution in [1.82, 2.24) is 10.4 Å². The predicted molar refractivity (Wildman–Crippen MR) is 37.3 cm³/mol. The molecule has 2 heterocycles. The van der Waals surface area contributed by atoms with E-state index in [1.54, 1.807) is 0 Å². The average Bonchev–Trinajstić information content (AvgIpc) is 2.60. The molecular formula is C5H5N4O4+. The number of imide groups is 1. The first-order valence-corrected chi connectivity index (χ1v) is 3.41. The van der Waals surface area contributed by atoms with E-state index in [0.29, 0.717) is 0 Å². The van der Waals surface area contributed by atoms with Gasteiger partial charge in [-0.05, 0) is 0 Å². The van der Waals surface area contributed by atoms with Gasteiger partial charge in [-0.1, -0.05) is 5.10 Å². The van der Waals surface area contributed by atoms with E-state index in [-0.39, 0.29) is 17.1 Å². The van der Waals surface area contributed by atoms with Crippen LogP contribution in [-0.4, -0.2) is 23.6 Å². The van der Waals surface area contributed by atoms with Crippen LogP contribution in [0.1, 0.15) is 0 Å². The van der Waals surface area contributed by atoms with E-state index in [0.717, 1.165) is 11.1 Å².